The number of benzene rings is 1. The van der Waals surface area contributed by atoms with Crippen molar-refractivity contribution in [1.82, 2.24) is 9.80 Å². The van der Waals surface area contributed by atoms with E-state index < -0.39 is 0 Å². The summed E-state index contributed by atoms with van der Waals surface area (Å²) in [4.78, 5) is 21.8. The lowest BCUT2D eigenvalue weighted by Crippen LogP contribution is -2.45. The van der Waals surface area contributed by atoms with Crippen LogP contribution in [-0.4, -0.2) is 47.2 Å². The smallest absolute Gasteiger partial charge is 0.248 e. The number of likely N-dealkylation sites (N-methyl/N-ethyl adjacent to an activating group) is 1. The summed E-state index contributed by atoms with van der Waals surface area (Å²) in [7, 11) is 1.90. The number of carbonyl (C=O) groups excluding carboxylic acids is 1. The minimum atomic E-state index is -0.0730. The molecule has 0 fully saturated rings. The molecule has 0 saturated heterocycles. The maximum Gasteiger partial charge on any atom is 0.248 e. The molecule has 2 aliphatic rings. The van der Waals surface area contributed by atoms with Gasteiger partial charge in [0.1, 0.15) is 5.84 Å². The summed E-state index contributed by atoms with van der Waals surface area (Å²) in [5.41, 5.74) is 2.06. The highest BCUT2D eigenvalue weighted by Gasteiger charge is 2.31. The number of nitrogens with zero attached hydrogens (tertiary/aromatic N) is 3. The summed E-state index contributed by atoms with van der Waals surface area (Å²) < 4.78 is 0. The highest BCUT2D eigenvalue weighted by Crippen LogP contribution is 2.27. The van der Waals surface area contributed by atoms with Crippen molar-refractivity contribution in [2.45, 2.75) is 58.5 Å². The Morgan fingerprint density at radius 3 is 2.59 bits per heavy atom. The molecule has 0 aromatic heterocycles. The summed E-state index contributed by atoms with van der Waals surface area (Å²) in [5.74, 6) is 1.43. The van der Waals surface area contributed by atoms with Crippen molar-refractivity contribution in [3.63, 3.8) is 0 Å². The number of carbonyl (C=O) groups is 1. The summed E-state index contributed by atoms with van der Waals surface area (Å²) in [6, 6.07) is 10.6. The Labute approximate surface area is 164 Å². The lowest BCUT2D eigenvalue weighted by Gasteiger charge is -2.36. The van der Waals surface area contributed by atoms with Crippen molar-refractivity contribution in [3.8, 4) is 0 Å². The van der Waals surface area contributed by atoms with Gasteiger partial charge in [0.05, 0.1) is 11.5 Å². The SMILES string of the molecule is CC1=CC(/C2=N/C(C)(C)CCCCCN2Cc2ccccc2)CN(C)C1=O. The Morgan fingerprint density at radius 1 is 1.15 bits per heavy atom. The fraction of sp³-hybridized carbons (Fsp3) is 0.565. The molecule has 1 atom stereocenters. The molecule has 0 aliphatic carbocycles. The predicted molar refractivity (Wildman–Crippen MR) is 112 cm³/mol. The van der Waals surface area contributed by atoms with E-state index in [1.807, 2.05) is 18.9 Å². The van der Waals surface area contributed by atoms with E-state index in [4.69, 9.17) is 4.99 Å². The first-order valence-electron chi connectivity index (χ1n) is 10.2. The van der Waals surface area contributed by atoms with Crippen LogP contribution in [0.5, 0.6) is 0 Å². The van der Waals surface area contributed by atoms with Crippen molar-refractivity contribution in [1.29, 1.82) is 0 Å². The average Bonchev–Trinajstić information content (AvgIpc) is 2.70. The molecule has 0 bridgehead atoms. The van der Waals surface area contributed by atoms with Crippen LogP contribution < -0.4 is 0 Å². The van der Waals surface area contributed by atoms with Gasteiger partial charge in [0.25, 0.3) is 0 Å². The Kier molecular flexibility index (Phi) is 6.03. The molecule has 27 heavy (non-hydrogen) atoms. The first-order valence-corrected chi connectivity index (χ1v) is 10.2. The molecule has 2 aliphatic heterocycles. The van der Waals surface area contributed by atoms with Crippen LogP contribution in [-0.2, 0) is 11.3 Å². The van der Waals surface area contributed by atoms with Crippen LogP contribution in [0.2, 0.25) is 0 Å². The molecule has 4 heteroatoms. The van der Waals surface area contributed by atoms with Crippen LogP contribution in [0.25, 0.3) is 0 Å². The predicted octanol–water partition coefficient (Wildman–Crippen LogP) is 4.27. The van der Waals surface area contributed by atoms with E-state index in [1.54, 1.807) is 0 Å². The summed E-state index contributed by atoms with van der Waals surface area (Å²) in [6.45, 7) is 9.01. The van der Waals surface area contributed by atoms with Gasteiger partial charge < -0.3 is 9.80 Å². The maximum absolute atomic E-state index is 12.2. The molecule has 146 valence electrons. The largest absolute Gasteiger partial charge is 0.355 e. The molecule has 4 nitrogen and oxygen atoms in total. The van der Waals surface area contributed by atoms with Crippen molar-refractivity contribution in [2.24, 2.45) is 10.9 Å². The summed E-state index contributed by atoms with van der Waals surface area (Å²) in [6.07, 6.45) is 6.90. The van der Waals surface area contributed by atoms with Gasteiger partial charge in [-0.2, -0.15) is 0 Å². The Bertz CT molecular complexity index is 720. The number of rotatable bonds is 3. The molecule has 1 amide bonds. The number of hydrogen-bond acceptors (Lipinski definition) is 3. The topological polar surface area (TPSA) is 35.9 Å². The standard InChI is InChI=1S/C23H33N3O/c1-18-15-20(17-25(4)22(18)27)21-24-23(2,3)13-9-6-10-14-26(21)16-19-11-7-5-8-12-19/h5,7-8,11-12,15,20H,6,9-10,13-14,16-17H2,1-4H3/b24-21-. The maximum atomic E-state index is 12.2. The van der Waals surface area contributed by atoms with E-state index in [0.29, 0.717) is 6.54 Å². The second-order valence-corrected chi connectivity index (χ2v) is 8.64. The third-order valence-corrected chi connectivity index (χ3v) is 5.61. The zero-order valence-electron chi connectivity index (χ0n) is 17.2. The molecule has 0 saturated carbocycles. The lowest BCUT2D eigenvalue weighted by molar-refractivity contribution is -0.126. The molecule has 3 rings (SSSR count). The van der Waals surface area contributed by atoms with E-state index >= 15 is 0 Å². The van der Waals surface area contributed by atoms with Crippen molar-refractivity contribution >= 4 is 11.7 Å². The van der Waals surface area contributed by atoms with Crippen molar-refractivity contribution in [2.75, 3.05) is 20.1 Å². The monoisotopic (exact) mass is 367 g/mol. The molecule has 0 radical (unpaired) electrons. The van der Waals surface area contributed by atoms with Crippen LogP contribution in [0.1, 0.15) is 52.0 Å². The van der Waals surface area contributed by atoms with Gasteiger partial charge in [-0.05, 0) is 39.2 Å². The second kappa shape index (κ2) is 8.28. The molecule has 1 unspecified atom stereocenters. The van der Waals surface area contributed by atoms with Gasteiger partial charge >= 0.3 is 0 Å². The molecule has 1 aromatic rings. The highest BCUT2D eigenvalue weighted by molar-refractivity contribution is 5.97. The van der Waals surface area contributed by atoms with Crippen LogP contribution >= 0.6 is 0 Å². The Morgan fingerprint density at radius 2 is 1.89 bits per heavy atom. The number of amides is 1. The molecule has 0 N–H and O–H groups in total. The summed E-state index contributed by atoms with van der Waals surface area (Å²) >= 11 is 0. The average molecular weight is 368 g/mol. The van der Waals surface area contributed by atoms with Crippen LogP contribution in [0.15, 0.2) is 47.0 Å². The van der Waals surface area contributed by atoms with E-state index in [2.05, 4.69) is 55.2 Å². The first-order chi connectivity index (χ1) is 12.9. The normalized spacial score (nSPS) is 25.8. The van der Waals surface area contributed by atoms with E-state index in [-0.39, 0.29) is 17.4 Å². The van der Waals surface area contributed by atoms with Gasteiger partial charge in [0.2, 0.25) is 5.91 Å². The number of hydrogen-bond donors (Lipinski definition) is 0. The summed E-state index contributed by atoms with van der Waals surface area (Å²) in [5, 5.41) is 0. The van der Waals surface area contributed by atoms with Gasteiger partial charge in [-0.25, -0.2) is 0 Å². The highest BCUT2D eigenvalue weighted by atomic mass is 16.2. The van der Waals surface area contributed by atoms with Gasteiger partial charge in [-0.1, -0.05) is 49.2 Å². The third kappa shape index (κ3) is 5.00. The second-order valence-electron chi connectivity index (χ2n) is 8.64. The van der Waals surface area contributed by atoms with Crippen molar-refractivity contribution < 1.29 is 4.79 Å². The van der Waals surface area contributed by atoms with Gasteiger partial charge in [0, 0.05) is 32.3 Å². The lowest BCUT2D eigenvalue weighted by atomic mass is 9.95. The van der Waals surface area contributed by atoms with Gasteiger partial charge in [0.15, 0.2) is 0 Å². The number of amidine groups is 1. The van der Waals surface area contributed by atoms with Crippen LogP contribution in [0.3, 0.4) is 0 Å². The third-order valence-electron chi connectivity index (χ3n) is 5.61. The molecule has 0 spiro atoms. The fourth-order valence-electron chi connectivity index (χ4n) is 4.13. The molecule has 2 heterocycles. The zero-order valence-corrected chi connectivity index (χ0v) is 17.2. The minimum absolute atomic E-state index is 0.0730. The van der Waals surface area contributed by atoms with E-state index in [0.717, 1.165) is 30.9 Å². The zero-order chi connectivity index (χ0) is 19.4. The van der Waals surface area contributed by atoms with E-state index in [9.17, 15) is 4.79 Å². The van der Waals surface area contributed by atoms with Crippen LogP contribution in [0.4, 0.5) is 0 Å². The fourth-order valence-corrected chi connectivity index (χ4v) is 4.13. The Balaban J connectivity index is 1.98. The van der Waals surface area contributed by atoms with E-state index in [1.165, 1.54) is 24.8 Å². The molecular weight excluding hydrogens is 334 g/mol. The first kappa shape index (κ1) is 19.7. The van der Waals surface area contributed by atoms with Crippen molar-refractivity contribution in [3.05, 3.63) is 47.5 Å². The van der Waals surface area contributed by atoms with Gasteiger partial charge in [-0.3, -0.25) is 9.79 Å². The van der Waals surface area contributed by atoms with Gasteiger partial charge in [-0.15, -0.1) is 0 Å². The molecule has 1 aromatic carbocycles. The molecular formula is C23H33N3O. The Hall–Kier alpha value is -2.10. The van der Waals surface area contributed by atoms with Crippen LogP contribution in [0, 0.1) is 5.92 Å². The quantitative estimate of drug-likeness (QED) is 0.800. The number of aliphatic imine (C=N–C) groups is 1. The minimum Gasteiger partial charge on any atom is -0.355 e.